The van der Waals surface area contributed by atoms with Crippen molar-refractivity contribution in [3.8, 4) is 5.88 Å². The van der Waals surface area contributed by atoms with Gasteiger partial charge in [0.25, 0.3) is 5.91 Å². The number of aromatic amines is 1. The monoisotopic (exact) mass is 719 g/mol. The number of carbonyl (C=O) groups excluding carboxylic acids is 3. The van der Waals surface area contributed by atoms with E-state index < -0.39 is 98.2 Å². The number of fused-ring (bicyclic) bond motifs is 1. The average molecular weight is 720 g/mol. The van der Waals surface area contributed by atoms with Crippen LogP contribution in [0.3, 0.4) is 0 Å². The molecule has 0 aliphatic rings. The molecular formula is C30H34ClN7O12. The lowest BCUT2D eigenvalue weighted by molar-refractivity contribution is -0.144. The molecule has 0 saturated heterocycles. The molecule has 0 aliphatic carbocycles. The number of nitrogen functional groups attached to an aromatic ring is 1. The van der Waals surface area contributed by atoms with Gasteiger partial charge in [-0.25, -0.2) is 14.4 Å². The maximum atomic E-state index is 12.9. The Balaban J connectivity index is 1.53. The Morgan fingerprint density at radius 3 is 1.84 bits per heavy atom. The number of aryl methyl sites for hydroxylation is 2. The summed E-state index contributed by atoms with van der Waals surface area (Å²) in [4.78, 5) is 93.7. The predicted octanol–water partition coefficient (Wildman–Crippen LogP) is 0.431. The van der Waals surface area contributed by atoms with Crippen LogP contribution < -0.4 is 21.7 Å². The molecule has 11 N–H and O–H groups in total. The van der Waals surface area contributed by atoms with Crippen LogP contribution >= 0.6 is 11.6 Å². The number of aromatic nitrogens is 3. The molecule has 0 saturated carbocycles. The number of benzene rings is 1. The average Bonchev–Trinajstić information content (AvgIpc) is 3.44. The molecule has 19 nitrogen and oxygen atoms in total. The molecule has 0 bridgehead atoms. The molecule has 2 heterocycles. The molecule has 0 fully saturated rings. The van der Waals surface area contributed by atoms with E-state index in [1.807, 2.05) is 0 Å². The van der Waals surface area contributed by atoms with Crippen molar-refractivity contribution in [1.82, 2.24) is 30.9 Å². The number of rotatable bonds is 19. The molecule has 1 aromatic carbocycles. The van der Waals surface area contributed by atoms with Crippen molar-refractivity contribution in [1.29, 1.82) is 0 Å². The molecule has 0 radical (unpaired) electrons. The van der Waals surface area contributed by atoms with E-state index in [9.17, 15) is 48.9 Å². The number of carbonyl (C=O) groups is 7. The van der Waals surface area contributed by atoms with Crippen molar-refractivity contribution in [3.05, 3.63) is 46.1 Å². The van der Waals surface area contributed by atoms with Gasteiger partial charge in [0.15, 0.2) is 0 Å². The van der Waals surface area contributed by atoms with Gasteiger partial charge in [-0.3, -0.25) is 19.2 Å². The number of anilines is 1. The number of hydrogen-bond acceptors (Lipinski definition) is 11. The molecule has 0 aliphatic heterocycles. The lowest BCUT2D eigenvalue weighted by atomic mass is 10.0. The molecule has 3 amide bonds. The van der Waals surface area contributed by atoms with Gasteiger partial charge in [0.1, 0.15) is 23.8 Å². The summed E-state index contributed by atoms with van der Waals surface area (Å²) >= 11 is 6.33. The van der Waals surface area contributed by atoms with Crippen molar-refractivity contribution >= 4 is 70.2 Å². The lowest BCUT2D eigenvalue weighted by Gasteiger charge is -2.18. The molecule has 2 aromatic heterocycles. The molecule has 0 spiro atoms. The zero-order valence-corrected chi connectivity index (χ0v) is 26.9. The first-order valence-electron chi connectivity index (χ1n) is 15.0. The Morgan fingerprint density at radius 2 is 1.32 bits per heavy atom. The topological polar surface area (TPSA) is 324 Å². The van der Waals surface area contributed by atoms with E-state index in [0.717, 1.165) is 0 Å². The van der Waals surface area contributed by atoms with Crippen LogP contribution in [0.4, 0.5) is 5.95 Å². The summed E-state index contributed by atoms with van der Waals surface area (Å²) in [6, 6.07) is -0.156. The highest BCUT2D eigenvalue weighted by molar-refractivity contribution is 6.34. The molecule has 3 aromatic rings. The highest BCUT2D eigenvalue weighted by Crippen LogP contribution is 2.27. The van der Waals surface area contributed by atoms with E-state index in [0.29, 0.717) is 35.0 Å². The maximum absolute atomic E-state index is 12.9. The first-order chi connectivity index (χ1) is 23.5. The zero-order valence-electron chi connectivity index (χ0n) is 26.1. The van der Waals surface area contributed by atoms with Crippen LogP contribution in [0, 0.1) is 0 Å². The van der Waals surface area contributed by atoms with Gasteiger partial charge in [-0.05, 0) is 55.4 Å². The van der Waals surface area contributed by atoms with Gasteiger partial charge in [-0.1, -0.05) is 17.7 Å². The van der Waals surface area contributed by atoms with Crippen molar-refractivity contribution in [2.24, 2.45) is 0 Å². The summed E-state index contributed by atoms with van der Waals surface area (Å²) in [5.41, 5.74) is 7.30. The van der Waals surface area contributed by atoms with E-state index in [-0.39, 0.29) is 22.4 Å². The number of carboxylic acid groups (broad SMARTS) is 4. The van der Waals surface area contributed by atoms with Gasteiger partial charge in [0, 0.05) is 25.5 Å². The summed E-state index contributed by atoms with van der Waals surface area (Å²) in [6.07, 6.45) is -0.370. The number of nitrogens with two attached hydrogens (primary N) is 1. The first-order valence-corrected chi connectivity index (χ1v) is 15.3. The molecule has 3 rings (SSSR count). The van der Waals surface area contributed by atoms with Crippen molar-refractivity contribution in [2.75, 3.05) is 5.73 Å². The van der Waals surface area contributed by atoms with Gasteiger partial charge >= 0.3 is 23.9 Å². The van der Waals surface area contributed by atoms with Crippen LogP contribution in [0.15, 0.2) is 24.4 Å². The smallest absolute Gasteiger partial charge is 0.326 e. The Kier molecular flexibility index (Phi) is 13.4. The third kappa shape index (κ3) is 11.0. The predicted molar refractivity (Wildman–Crippen MR) is 172 cm³/mol. The summed E-state index contributed by atoms with van der Waals surface area (Å²) < 4.78 is 0. The minimum atomic E-state index is -1.60. The second-order valence-corrected chi connectivity index (χ2v) is 11.5. The Morgan fingerprint density at radius 1 is 0.780 bits per heavy atom. The maximum Gasteiger partial charge on any atom is 0.326 e. The van der Waals surface area contributed by atoms with Gasteiger partial charge in [0.2, 0.25) is 23.6 Å². The third-order valence-corrected chi connectivity index (χ3v) is 7.72. The SMILES string of the molecule is Nc1nc(O)c2c(CCc3ccc(C(=O)N[C@@H](CCC(=O)N[C@@H](CCC(=O)N[C@@H](CCC(=O)O)C(=O)O)C(=O)O)C(=O)O)c(Cl)c3)c[nH]c2n1. The first kappa shape index (κ1) is 38.5. The lowest BCUT2D eigenvalue weighted by Crippen LogP contribution is -2.45. The summed E-state index contributed by atoms with van der Waals surface area (Å²) in [6.45, 7) is 0. The molecule has 20 heteroatoms. The number of H-pyrrole nitrogens is 1. The molecule has 268 valence electrons. The number of carboxylic acids is 4. The van der Waals surface area contributed by atoms with Crippen LogP contribution in [0.25, 0.3) is 11.0 Å². The van der Waals surface area contributed by atoms with Crippen LogP contribution in [-0.4, -0.2) is 100 Å². The summed E-state index contributed by atoms with van der Waals surface area (Å²) in [7, 11) is 0. The molecular weight excluding hydrogens is 686 g/mol. The fraction of sp³-hybridized carbons (Fsp3) is 0.367. The third-order valence-electron chi connectivity index (χ3n) is 7.41. The normalized spacial score (nSPS) is 12.7. The van der Waals surface area contributed by atoms with Gasteiger partial charge < -0.3 is 52.2 Å². The van der Waals surface area contributed by atoms with E-state index in [1.165, 1.54) is 12.1 Å². The highest BCUT2D eigenvalue weighted by Gasteiger charge is 2.27. The molecule has 3 atom stereocenters. The van der Waals surface area contributed by atoms with Crippen molar-refractivity contribution in [3.63, 3.8) is 0 Å². The Hall–Kier alpha value is -5.98. The summed E-state index contributed by atoms with van der Waals surface area (Å²) in [5, 5.41) is 54.1. The van der Waals surface area contributed by atoms with E-state index in [2.05, 4.69) is 30.9 Å². The van der Waals surface area contributed by atoms with E-state index >= 15 is 0 Å². The van der Waals surface area contributed by atoms with E-state index in [4.69, 9.17) is 27.5 Å². The van der Waals surface area contributed by atoms with E-state index in [1.54, 1.807) is 12.3 Å². The van der Waals surface area contributed by atoms with Crippen molar-refractivity contribution < 1.29 is 59.1 Å². The van der Waals surface area contributed by atoms with Crippen LogP contribution in [0.2, 0.25) is 5.02 Å². The Labute approximate surface area is 287 Å². The number of aliphatic carboxylic acids is 4. The number of nitrogens with zero attached hydrogens (tertiary/aromatic N) is 2. The van der Waals surface area contributed by atoms with Crippen LogP contribution in [0.1, 0.15) is 60.0 Å². The van der Waals surface area contributed by atoms with Crippen molar-refractivity contribution in [2.45, 2.75) is 69.5 Å². The summed E-state index contributed by atoms with van der Waals surface area (Å²) in [5.74, 6) is -8.75. The fourth-order valence-electron chi connectivity index (χ4n) is 4.83. The molecule has 0 unspecified atom stereocenters. The second kappa shape index (κ2) is 17.4. The quantitative estimate of drug-likeness (QED) is 0.0803. The zero-order chi connectivity index (χ0) is 37.1. The van der Waals surface area contributed by atoms with Crippen LogP contribution in [0.5, 0.6) is 5.88 Å². The van der Waals surface area contributed by atoms with Crippen LogP contribution in [-0.2, 0) is 41.6 Å². The number of aromatic hydroxyl groups is 1. The largest absolute Gasteiger partial charge is 0.493 e. The number of hydrogen-bond donors (Lipinski definition) is 10. The Bertz CT molecular complexity index is 1800. The minimum Gasteiger partial charge on any atom is -0.493 e. The van der Waals surface area contributed by atoms with Gasteiger partial charge in [0.05, 0.1) is 16.0 Å². The molecule has 50 heavy (non-hydrogen) atoms. The number of nitrogens with one attached hydrogen (secondary N) is 4. The van der Waals surface area contributed by atoms with Gasteiger partial charge in [-0.15, -0.1) is 0 Å². The number of amides is 3. The minimum absolute atomic E-state index is 0.0182. The fourth-order valence-corrected chi connectivity index (χ4v) is 5.12. The number of halogens is 1. The second-order valence-electron chi connectivity index (χ2n) is 11.0. The van der Waals surface area contributed by atoms with Gasteiger partial charge in [-0.2, -0.15) is 9.97 Å². The highest BCUT2D eigenvalue weighted by atomic mass is 35.5. The standard InChI is InChI=1S/C30H34ClN7O12/c31-16-11-13(1-3-14-12-33-24-23(14)26(44)38-30(32)37-24)2-4-15(16)25(43)36-19(29(49)50)6-9-21(40)34-17(27(45)46)5-8-20(39)35-18(28(47)48)7-10-22(41)42/h2,4,11-12,17-19H,1,3,5-10H2,(H,34,40)(H,35,39)(H,36,43)(H,41,42)(H,45,46)(H,47,48)(H,49,50)(H4,32,33,37,38,44)/t17-,18-,19-/m0/s1.